The number of carbonyl (C=O) groups is 1. The number of rotatable bonds is 4. The summed E-state index contributed by atoms with van der Waals surface area (Å²) >= 11 is 0. The number of nitriles is 1. The van der Waals surface area contributed by atoms with Gasteiger partial charge in [0.2, 0.25) is 5.91 Å². The number of carbonyl (C=O) groups excluding carboxylic acids is 1. The summed E-state index contributed by atoms with van der Waals surface area (Å²) in [6.07, 6.45) is 2.22. The number of para-hydroxylation sites is 1. The molecule has 7 heteroatoms. The van der Waals surface area contributed by atoms with E-state index in [2.05, 4.69) is 16.1 Å². The Morgan fingerprint density at radius 3 is 2.21 bits per heavy atom. The molecule has 0 radical (unpaired) electrons. The molecule has 154 valence electrons. The minimum absolute atomic E-state index is 0.0895. The van der Waals surface area contributed by atoms with Crippen LogP contribution < -0.4 is 10.1 Å². The summed E-state index contributed by atoms with van der Waals surface area (Å²) in [5.74, 6) is 0.448. The van der Waals surface area contributed by atoms with Crippen LogP contribution in [0.3, 0.4) is 0 Å². The molecule has 0 aliphatic heterocycles. The highest BCUT2D eigenvalue weighted by Gasteiger charge is 2.30. The van der Waals surface area contributed by atoms with E-state index in [1.807, 2.05) is 0 Å². The lowest BCUT2D eigenvalue weighted by molar-refractivity contribution is -0.274. The third kappa shape index (κ3) is 9.15. The highest BCUT2D eigenvalue weighted by atomic mass is 19.4. The molecule has 1 aliphatic rings. The highest BCUT2D eigenvalue weighted by Crippen LogP contribution is 2.26. The van der Waals surface area contributed by atoms with Crippen LogP contribution in [0.2, 0.25) is 0 Å². The van der Waals surface area contributed by atoms with Gasteiger partial charge in [-0.25, -0.2) is 0 Å². The van der Waals surface area contributed by atoms with E-state index in [9.17, 15) is 18.0 Å². The lowest BCUT2D eigenvalue weighted by Gasteiger charge is -2.20. The molecule has 1 aliphatic carbocycles. The van der Waals surface area contributed by atoms with Gasteiger partial charge in [0, 0.05) is 12.1 Å². The molecule has 0 aromatic heterocycles. The van der Waals surface area contributed by atoms with Crippen LogP contribution in [0.25, 0.3) is 0 Å². The smallest absolute Gasteiger partial charge is 0.406 e. The predicted octanol–water partition coefficient (Wildman–Crippen LogP) is 6.05. The lowest BCUT2D eigenvalue weighted by Crippen LogP contribution is -2.18. The van der Waals surface area contributed by atoms with Crippen molar-refractivity contribution in [1.82, 2.24) is 0 Å². The summed E-state index contributed by atoms with van der Waals surface area (Å²) in [5, 5.41) is 11.6. The van der Waals surface area contributed by atoms with E-state index >= 15 is 0 Å². The number of nitrogens with one attached hydrogen (secondary N) is 1. The average molecular weight is 404 g/mol. The SMILES string of the molecule is FC(F)(F)Oc1ccccc1.N#Cc1ccc(NC(=O)CC2CCCCC2)cc1. The van der Waals surface area contributed by atoms with Crippen molar-refractivity contribution in [2.45, 2.75) is 44.9 Å². The van der Waals surface area contributed by atoms with Crippen LogP contribution in [0, 0.1) is 17.2 Å². The number of hydrogen-bond donors (Lipinski definition) is 1. The summed E-state index contributed by atoms with van der Waals surface area (Å²) in [7, 11) is 0. The van der Waals surface area contributed by atoms with Gasteiger partial charge in [0.05, 0.1) is 11.6 Å². The Kier molecular flexibility index (Phi) is 8.53. The highest BCUT2D eigenvalue weighted by molar-refractivity contribution is 5.90. The minimum atomic E-state index is -4.60. The molecule has 0 unspecified atom stereocenters. The van der Waals surface area contributed by atoms with Crippen molar-refractivity contribution in [3.05, 3.63) is 60.2 Å². The number of anilines is 1. The standard InChI is InChI=1S/C15H18N2O.C7H5F3O/c16-11-13-6-8-14(9-7-13)17-15(18)10-12-4-2-1-3-5-12;8-7(9,10)11-6-4-2-1-3-5-6/h6-9,12H,1-5,10H2,(H,17,18);1-5H. The monoisotopic (exact) mass is 404 g/mol. The Balaban J connectivity index is 0.000000234. The predicted molar refractivity (Wildman–Crippen MR) is 104 cm³/mol. The summed E-state index contributed by atoms with van der Waals surface area (Å²) < 4.78 is 38.2. The summed E-state index contributed by atoms with van der Waals surface area (Å²) in [4.78, 5) is 11.9. The van der Waals surface area contributed by atoms with Gasteiger partial charge in [0.25, 0.3) is 0 Å². The van der Waals surface area contributed by atoms with Crippen molar-refractivity contribution in [1.29, 1.82) is 5.26 Å². The quantitative estimate of drug-likeness (QED) is 0.674. The van der Waals surface area contributed by atoms with Crippen LogP contribution in [-0.2, 0) is 4.79 Å². The summed E-state index contributed by atoms with van der Waals surface area (Å²) in [6, 6.07) is 16.1. The maximum atomic E-state index is 11.9. The molecule has 3 rings (SSSR count). The zero-order valence-corrected chi connectivity index (χ0v) is 15.9. The second-order valence-electron chi connectivity index (χ2n) is 6.81. The number of hydrogen-bond acceptors (Lipinski definition) is 3. The van der Waals surface area contributed by atoms with E-state index in [4.69, 9.17) is 5.26 Å². The van der Waals surface area contributed by atoms with E-state index in [1.54, 1.807) is 30.3 Å². The van der Waals surface area contributed by atoms with Crippen molar-refractivity contribution in [2.24, 2.45) is 5.92 Å². The van der Waals surface area contributed by atoms with Gasteiger partial charge < -0.3 is 10.1 Å². The first-order valence-corrected chi connectivity index (χ1v) is 9.46. The molecule has 0 saturated heterocycles. The van der Waals surface area contributed by atoms with Gasteiger partial charge >= 0.3 is 6.36 Å². The summed E-state index contributed by atoms with van der Waals surface area (Å²) in [5.41, 5.74) is 1.38. The van der Waals surface area contributed by atoms with Crippen molar-refractivity contribution >= 4 is 11.6 Å². The molecular weight excluding hydrogens is 381 g/mol. The van der Waals surface area contributed by atoms with Gasteiger partial charge in [-0.3, -0.25) is 4.79 Å². The van der Waals surface area contributed by atoms with Gasteiger partial charge in [-0.05, 0) is 55.2 Å². The number of halogens is 3. The number of benzene rings is 2. The molecule has 29 heavy (non-hydrogen) atoms. The third-order valence-electron chi connectivity index (χ3n) is 4.47. The fourth-order valence-corrected chi connectivity index (χ4v) is 3.12. The van der Waals surface area contributed by atoms with Gasteiger partial charge in [-0.1, -0.05) is 37.5 Å². The van der Waals surface area contributed by atoms with Crippen LogP contribution in [0.1, 0.15) is 44.1 Å². The Bertz CT molecular complexity index is 794. The molecule has 1 saturated carbocycles. The molecule has 0 atom stereocenters. The Labute approximate surface area is 168 Å². The topological polar surface area (TPSA) is 62.1 Å². The molecule has 2 aromatic carbocycles. The van der Waals surface area contributed by atoms with Crippen molar-refractivity contribution in [3.8, 4) is 11.8 Å². The first kappa shape index (κ1) is 22.3. The van der Waals surface area contributed by atoms with Crippen LogP contribution in [0.4, 0.5) is 18.9 Å². The van der Waals surface area contributed by atoms with E-state index < -0.39 is 6.36 Å². The first-order valence-electron chi connectivity index (χ1n) is 9.46. The van der Waals surface area contributed by atoms with E-state index in [1.165, 1.54) is 56.4 Å². The third-order valence-corrected chi connectivity index (χ3v) is 4.47. The maximum absolute atomic E-state index is 11.9. The molecule has 1 fully saturated rings. The van der Waals surface area contributed by atoms with Crippen molar-refractivity contribution < 1.29 is 22.7 Å². The first-order chi connectivity index (χ1) is 13.9. The molecule has 4 nitrogen and oxygen atoms in total. The van der Waals surface area contributed by atoms with Gasteiger partial charge in [0.1, 0.15) is 5.75 Å². The van der Waals surface area contributed by atoms with Gasteiger partial charge in [0.15, 0.2) is 0 Å². The van der Waals surface area contributed by atoms with Crippen LogP contribution in [-0.4, -0.2) is 12.3 Å². The van der Waals surface area contributed by atoms with Crippen molar-refractivity contribution in [2.75, 3.05) is 5.32 Å². The average Bonchev–Trinajstić information content (AvgIpc) is 2.69. The Morgan fingerprint density at radius 1 is 1.03 bits per heavy atom. The summed E-state index contributed by atoms with van der Waals surface area (Å²) in [6.45, 7) is 0. The Morgan fingerprint density at radius 2 is 1.66 bits per heavy atom. The molecular formula is C22H23F3N2O2. The van der Waals surface area contributed by atoms with E-state index in [-0.39, 0.29) is 11.7 Å². The maximum Gasteiger partial charge on any atom is 0.573 e. The molecule has 0 bridgehead atoms. The lowest BCUT2D eigenvalue weighted by atomic mass is 9.87. The zero-order valence-electron chi connectivity index (χ0n) is 15.9. The number of nitrogens with zero attached hydrogens (tertiary/aromatic N) is 1. The van der Waals surface area contributed by atoms with E-state index in [0.29, 0.717) is 17.9 Å². The largest absolute Gasteiger partial charge is 0.573 e. The normalized spacial score (nSPS) is 14.1. The second kappa shape index (κ2) is 11.1. The molecule has 0 spiro atoms. The van der Waals surface area contributed by atoms with E-state index in [0.717, 1.165) is 5.69 Å². The molecule has 0 heterocycles. The minimum Gasteiger partial charge on any atom is -0.406 e. The van der Waals surface area contributed by atoms with Crippen LogP contribution in [0.15, 0.2) is 54.6 Å². The fourth-order valence-electron chi connectivity index (χ4n) is 3.12. The zero-order chi connectivity index (χ0) is 21.1. The number of amides is 1. The van der Waals surface area contributed by atoms with Gasteiger partial charge in [-0.2, -0.15) is 5.26 Å². The molecule has 2 aromatic rings. The van der Waals surface area contributed by atoms with Crippen LogP contribution >= 0.6 is 0 Å². The van der Waals surface area contributed by atoms with Gasteiger partial charge in [-0.15, -0.1) is 13.2 Å². The van der Waals surface area contributed by atoms with Crippen LogP contribution in [0.5, 0.6) is 5.75 Å². The Hall–Kier alpha value is -3.01. The molecule has 1 amide bonds. The van der Waals surface area contributed by atoms with Crippen molar-refractivity contribution in [3.63, 3.8) is 0 Å². The second-order valence-corrected chi connectivity index (χ2v) is 6.81. The number of alkyl halides is 3. The number of ether oxygens (including phenoxy) is 1. The molecule has 1 N–H and O–H groups in total. The fraction of sp³-hybridized carbons (Fsp3) is 0.364.